The van der Waals surface area contributed by atoms with Crippen molar-refractivity contribution >= 4 is 10.0 Å². The maximum Gasteiger partial charge on any atom is 0.253 e. The Hall–Kier alpha value is -2.38. The minimum absolute atomic E-state index is 0.0624. The van der Waals surface area contributed by atoms with Crippen LogP contribution in [0.5, 0.6) is 5.75 Å². The second kappa shape index (κ2) is 9.41. The van der Waals surface area contributed by atoms with E-state index < -0.39 is 10.0 Å². The van der Waals surface area contributed by atoms with Gasteiger partial charge >= 0.3 is 0 Å². The number of hydrogen-bond acceptors (Lipinski definition) is 4. The molecule has 158 valence electrons. The number of pyridine rings is 1. The van der Waals surface area contributed by atoms with Crippen molar-refractivity contribution in [3.63, 3.8) is 0 Å². The van der Waals surface area contributed by atoms with Gasteiger partial charge in [-0.1, -0.05) is 18.6 Å². The van der Waals surface area contributed by atoms with E-state index in [1.807, 2.05) is 13.8 Å². The van der Waals surface area contributed by atoms with Gasteiger partial charge in [0.15, 0.2) is 0 Å². The lowest BCUT2D eigenvalue weighted by atomic mass is 10.1. The summed E-state index contributed by atoms with van der Waals surface area (Å²) in [5.74, 6) is 0.283. The second-order valence-corrected chi connectivity index (χ2v) is 9.21. The first kappa shape index (κ1) is 22.9. The highest BCUT2D eigenvalue weighted by molar-refractivity contribution is 7.89. The van der Waals surface area contributed by atoms with E-state index >= 15 is 0 Å². The summed E-state index contributed by atoms with van der Waals surface area (Å²) >= 11 is 0. The smallest absolute Gasteiger partial charge is 0.253 e. The lowest BCUT2D eigenvalue weighted by Gasteiger charge is -2.23. The van der Waals surface area contributed by atoms with E-state index in [1.54, 1.807) is 44.4 Å². The van der Waals surface area contributed by atoms with Gasteiger partial charge in [0, 0.05) is 31.9 Å². The molecule has 6 nitrogen and oxygen atoms in total. The fourth-order valence-electron chi connectivity index (χ4n) is 3.15. The molecule has 2 rings (SSSR count). The van der Waals surface area contributed by atoms with Gasteiger partial charge in [-0.05, 0) is 56.0 Å². The van der Waals surface area contributed by atoms with Crippen LogP contribution in [-0.2, 0) is 17.1 Å². The molecule has 0 saturated carbocycles. The van der Waals surface area contributed by atoms with E-state index in [9.17, 15) is 13.2 Å². The third-order valence-electron chi connectivity index (χ3n) is 4.74. The molecule has 1 aromatic carbocycles. The largest absolute Gasteiger partial charge is 0.495 e. The van der Waals surface area contributed by atoms with Gasteiger partial charge in [0.1, 0.15) is 10.6 Å². The van der Waals surface area contributed by atoms with Gasteiger partial charge in [0.2, 0.25) is 10.0 Å². The molecule has 0 bridgehead atoms. The third-order valence-corrected chi connectivity index (χ3v) is 6.68. The number of methoxy groups -OCH3 is 1. The molecule has 1 heterocycles. The highest BCUT2D eigenvalue weighted by Crippen LogP contribution is 2.32. The van der Waals surface area contributed by atoms with Gasteiger partial charge in [0.25, 0.3) is 5.56 Å². The molecule has 0 fully saturated rings. The summed E-state index contributed by atoms with van der Waals surface area (Å²) in [6, 6.07) is 6.82. The van der Waals surface area contributed by atoms with Gasteiger partial charge in [-0.15, -0.1) is 6.58 Å². The van der Waals surface area contributed by atoms with Crippen LogP contribution in [0.2, 0.25) is 0 Å². The van der Waals surface area contributed by atoms with Crippen LogP contribution in [0.3, 0.4) is 0 Å². The lowest BCUT2D eigenvalue weighted by Crippen LogP contribution is -2.33. The predicted molar refractivity (Wildman–Crippen MR) is 117 cm³/mol. The number of aryl methyl sites for hydroxylation is 2. The zero-order chi connectivity index (χ0) is 21.8. The van der Waals surface area contributed by atoms with Crippen molar-refractivity contribution in [1.29, 1.82) is 0 Å². The van der Waals surface area contributed by atoms with Crippen LogP contribution in [0, 0.1) is 6.92 Å². The molecular weight excluding hydrogens is 388 g/mol. The topological polar surface area (TPSA) is 68.6 Å². The molecule has 0 aliphatic rings. The SMILES string of the molecule is C=C(C)CCN(CCC)S(=O)(=O)c1ccc(-c2cc(C)c(=O)n(C)c2)cc1OC. The standard InChI is InChI=1S/C22H30N2O4S/c1-7-11-24(12-10-16(2)3)29(26,27)21-9-8-18(14-20(21)28-6)19-13-17(4)22(25)23(5)15-19/h8-9,13-15H,2,7,10-12H2,1,3-6H3. The Morgan fingerprint density at radius 3 is 2.45 bits per heavy atom. The summed E-state index contributed by atoms with van der Waals surface area (Å²) in [6.45, 7) is 10.3. The molecule has 0 unspecified atom stereocenters. The van der Waals surface area contributed by atoms with Crippen molar-refractivity contribution in [2.75, 3.05) is 20.2 Å². The Morgan fingerprint density at radius 2 is 1.90 bits per heavy atom. The van der Waals surface area contributed by atoms with Crippen molar-refractivity contribution in [3.8, 4) is 16.9 Å². The molecule has 0 amide bonds. The average molecular weight is 419 g/mol. The highest BCUT2D eigenvalue weighted by Gasteiger charge is 2.27. The molecule has 0 aliphatic carbocycles. The Balaban J connectivity index is 2.51. The van der Waals surface area contributed by atoms with Crippen LogP contribution in [0.1, 0.15) is 32.3 Å². The molecule has 29 heavy (non-hydrogen) atoms. The minimum atomic E-state index is -3.71. The molecule has 1 aromatic heterocycles. The summed E-state index contributed by atoms with van der Waals surface area (Å²) < 4.78 is 35.0. The number of benzene rings is 1. The first-order valence-corrected chi connectivity index (χ1v) is 11.1. The second-order valence-electron chi connectivity index (χ2n) is 7.30. The molecule has 2 aromatic rings. The average Bonchev–Trinajstić information content (AvgIpc) is 2.67. The van der Waals surface area contributed by atoms with Crippen LogP contribution in [0.25, 0.3) is 11.1 Å². The minimum Gasteiger partial charge on any atom is -0.495 e. The van der Waals surface area contributed by atoms with Crippen LogP contribution >= 0.6 is 0 Å². The highest BCUT2D eigenvalue weighted by atomic mass is 32.2. The monoisotopic (exact) mass is 418 g/mol. The fraction of sp³-hybridized carbons (Fsp3) is 0.409. The molecule has 0 N–H and O–H groups in total. The zero-order valence-corrected chi connectivity index (χ0v) is 18.7. The Bertz CT molecular complexity index is 1030. The van der Waals surface area contributed by atoms with Gasteiger partial charge in [-0.2, -0.15) is 4.31 Å². The number of hydrogen-bond donors (Lipinski definition) is 0. The van der Waals surface area contributed by atoms with E-state index in [0.29, 0.717) is 31.5 Å². The first-order valence-electron chi connectivity index (χ1n) is 9.62. The summed E-state index contributed by atoms with van der Waals surface area (Å²) in [5.41, 5.74) is 3.10. The fourth-order valence-corrected chi connectivity index (χ4v) is 4.82. The Kier molecular flexibility index (Phi) is 7.43. The van der Waals surface area contributed by atoms with Crippen molar-refractivity contribution in [2.45, 2.75) is 38.5 Å². The van der Waals surface area contributed by atoms with Crippen LogP contribution < -0.4 is 10.3 Å². The molecule has 7 heteroatoms. The third kappa shape index (κ3) is 5.16. The number of rotatable bonds is 9. The van der Waals surface area contributed by atoms with Crippen LogP contribution in [-0.4, -0.2) is 37.5 Å². The van der Waals surface area contributed by atoms with E-state index in [0.717, 1.165) is 16.7 Å². The molecule has 0 spiro atoms. The number of sulfonamides is 1. The quantitative estimate of drug-likeness (QED) is 0.582. The maximum absolute atomic E-state index is 13.3. The summed E-state index contributed by atoms with van der Waals surface area (Å²) in [6.07, 6.45) is 3.05. The van der Waals surface area contributed by atoms with Gasteiger partial charge in [-0.3, -0.25) is 4.79 Å². The van der Waals surface area contributed by atoms with Crippen molar-refractivity contribution in [3.05, 3.63) is 58.5 Å². The van der Waals surface area contributed by atoms with E-state index in [-0.39, 0.29) is 16.2 Å². The van der Waals surface area contributed by atoms with Crippen molar-refractivity contribution < 1.29 is 13.2 Å². The zero-order valence-electron chi connectivity index (χ0n) is 17.9. The van der Waals surface area contributed by atoms with Gasteiger partial charge < -0.3 is 9.30 Å². The molecule has 0 saturated heterocycles. The molecule has 0 radical (unpaired) electrons. The lowest BCUT2D eigenvalue weighted by molar-refractivity contribution is 0.389. The predicted octanol–water partition coefficient (Wildman–Crippen LogP) is 3.74. The van der Waals surface area contributed by atoms with Crippen LogP contribution in [0.15, 0.2) is 52.3 Å². The summed E-state index contributed by atoms with van der Waals surface area (Å²) in [4.78, 5) is 12.1. The maximum atomic E-state index is 13.3. The normalized spacial score (nSPS) is 11.7. The molecular formula is C22H30N2O4S. The summed E-state index contributed by atoms with van der Waals surface area (Å²) in [5, 5.41) is 0. The molecule has 0 aliphatic heterocycles. The van der Waals surface area contributed by atoms with Gasteiger partial charge in [0.05, 0.1) is 7.11 Å². The van der Waals surface area contributed by atoms with E-state index in [4.69, 9.17) is 4.74 Å². The molecule has 0 atom stereocenters. The van der Waals surface area contributed by atoms with Crippen LogP contribution in [0.4, 0.5) is 0 Å². The number of ether oxygens (including phenoxy) is 1. The van der Waals surface area contributed by atoms with Gasteiger partial charge in [-0.25, -0.2) is 8.42 Å². The number of nitrogens with zero attached hydrogens (tertiary/aromatic N) is 2. The van der Waals surface area contributed by atoms with E-state index in [2.05, 4.69) is 6.58 Å². The Morgan fingerprint density at radius 1 is 1.21 bits per heavy atom. The first-order chi connectivity index (χ1) is 13.6. The Labute approximate surface area is 173 Å². The van der Waals surface area contributed by atoms with E-state index in [1.165, 1.54) is 16.0 Å². The van der Waals surface area contributed by atoms with Crippen molar-refractivity contribution in [2.24, 2.45) is 7.05 Å². The summed E-state index contributed by atoms with van der Waals surface area (Å²) in [7, 11) is -0.558. The van der Waals surface area contributed by atoms with Crippen molar-refractivity contribution in [1.82, 2.24) is 8.87 Å². The number of aromatic nitrogens is 1.